The Hall–Kier alpha value is -1.68. The number of halogens is 4. The zero-order valence-electron chi connectivity index (χ0n) is 20.4. The normalized spacial score (nSPS) is 12.0. The lowest BCUT2D eigenvalue weighted by Crippen LogP contribution is -2.12. The Kier molecular flexibility index (Phi) is 7.99. The lowest BCUT2D eigenvalue weighted by Gasteiger charge is -2.10. The molecule has 0 N–H and O–H groups in total. The van der Waals surface area contributed by atoms with Crippen molar-refractivity contribution in [3.8, 4) is 0 Å². The first-order chi connectivity index (χ1) is 18.5. The van der Waals surface area contributed by atoms with Gasteiger partial charge in [-0.25, -0.2) is 0 Å². The van der Waals surface area contributed by atoms with E-state index in [2.05, 4.69) is 146 Å². The second kappa shape index (κ2) is 11.4. The summed E-state index contributed by atoms with van der Waals surface area (Å²) in [5.41, 5.74) is 4.86. The number of nitrogens with zero attached hydrogens (tertiary/aromatic N) is 2. The highest BCUT2D eigenvalue weighted by atomic mass is 79.9. The van der Waals surface area contributed by atoms with Gasteiger partial charge in [0, 0.05) is 74.6 Å². The lowest BCUT2D eigenvalue weighted by molar-refractivity contribution is 0.0431. The van der Waals surface area contributed by atoms with Gasteiger partial charge < -0.3 is 18.6 Å². The Balaban J connectivity index is 1.05. The predicted molar refractivity (Wildman–Crippen MR) is 171 cm³/mol. The van der Waals surface area contributed by atoms with E-state index in [4.69, 9.17) is 9.47 Å². The number of fused-ring (bicyclic) bond motifs is 6. The maximum absolute atomic E-state index is 5.97. The second-order valence-electron chi connectivity index (χ2n) is 9.17. The molecule has 0 atom stereocenters. The molecule has 0 unspecified atom stereocenters. The van der Waals surface area contributed by atoms with Crippen LogP contribution < -0.4 is 0 Å². The average molecular weight is 764 g/mol. The van der Waals surface area contributed by atoms with Gasteiger partial charge in [0.2, 0.25) is 0 Å². The minimum atomic E-state index is 0.571. The van der Waals surface area contributed by atoms with E-state index in [1.165, 1.54) is 43.6 Å². The quantitative estimate of drug-likeness (QED) is 0.137. The topological polar surface area (TPSA) is 28.3 Å². The minimum absolute atomic E-state index is 0.571. The van der Waals surface area contributed by atoms with Crippen LogP contribution in [0.25, 0.3) is 43.6 Å². The summed E-state index contributed by atoms with van der Waals surface area (Å²) in [6.45, 7) is 3.98. The maximum atomic E-state index is 5.97. The Morgan fingerprint density at radius 3 is 1.00 bits per heavy atom. The molecule has 8 heteroatoms. The molecule has 4 nitrogen and oxygen atoms in total. The molecule has 0 bridgehead atoms. The van der Waals surface area contributed by atoms with Gasteiger partial charge in [-0.2, -0.15) is 0 Å². The van der Waals surface area contributed by atoms with Gasteiger partial charge in [-0.05, 0) is 72.8 Å². The number of hydrogen-bond acceptors (Lipinski definition) is 2. The Bertz CT molecular complexity index is 1540. The van der Waals surface area contributed by atoms with Crippen LogP contribution >= 0.6 is 63.7 Å². The van der Waals surface area contributed by atoms with Gasteiger partial charge in [0.25, 0.3) is 0 Å². The molecule has 0 aliphatic rings. The van der Waals surface area contributed by atoms with Crippen LogP contribution in [0, 0.1) is 0 Å². The van der Waals surface area contributed by atoms with E-state index in [0.29, 0.717) is 26.4 Å². The van der Waals surface area contributed by atoms with Gasteiger partial charge in [-0.15, -0.1) is 0 Å². The van der Waals surface area contributed by atoms with E-state index in [1.54, 1.807) is 0 Å². The number of aromatic nitrogens is 2. The lowest BCUT2D eigenvalue weighted by atomic mass is 10.2. The summed E-state index contributed by atoms with van der Waals surface area (Å²) in [4.78, 5) is 0. The van der Waals surface area contributed by atoms with Gasteiger partial charge in [0.15, 0.2) is 0 Å². The van der Waals surface area contributed by atoms with Crippen LogP contribution in [-0.2, 0) is 22.6 Å². The molecule has 6 aromatic rings. The Labute approximate surface area is 254 Å². The van der Waals surface area contributed by atoms with Crippen molar-refractivity contribution < 1.29 is 9.47 Å². The molecule has 2 heterocycles. The van der Waals surface area contributed by atoms with Gasteiger partial charge in [0.1, 0.15) is 0 Å². The molecule has 0 spiro atoms. The summed E-state index contributed by atoms with van der Waals surface area (Å²) in [5, 5.41) is 4.96. The van der Waals surface area contributed by atoms with Crippen molar-refractivity contribution in [1.82, 2.24) is 9.13 Å². The van der Waals surface area contributed by atoms with Gasteiger partial charge in [0.05, 0.1) is 26.4 Å². The first kappa shape index (κ1) is 26.5. The van der Waals surface area contributed by atoms with Crippen molar-refractivity contribution >= 4 is 107 Å². The van der Waals surface area contributed by atoms with Crippen molar-refractivity contribution in [2.75, 3.05) is 26.4 Å². The molecule has 38 heavy (non-hydrogen) atoms. The standard InChI is InChI=1S/C30H24Br4N2O2/c31-19-1-5-27-23(15-19)24-16-20(32)2-6-28(24)35(27)9-11-37-13-14-38-12-10-36-29-7-3-21(33)17-25(29)26-18-22(34)4-8-30(26)36/h1-8,15-18H,9-14H2. The van der Waals surface area contributed by atoms with Crippen LogP contribution in [0.4, 0.5) is 0 Å². The van der Waals surface area contributed by atoms with Crippen molar-refractivity contribution in [3.05, 3.63) is 90.7 Å². The molecule has 0 amide bonds. The first-order valence-electron chi connectivity index (χ1n) is 12.4. The van der Waals surface area contributed by atoms with Crippen LogP contribution in [0.3, 0.4) is 0 Å². The minimum Gasteiger partial charge on any atom is -0.377 e. The summed E-state index contributed by atoms with van der Waals surface area (Å²) in [7, 11) is 0. The average Bonchev–Trinajstić information content (AvgIpc) is 3.36. The molecule has 2 aromatic heterocycles. The largest absolute Gasteiger partial charge is 0.377 e. The van der Waals surface area contributed by atoms with E-state index in [9.17, 15) is 0 Å². The van der Waals surface area contributed by atoms with E-state index in [-0.39, 0.29) is 0 Å². The van der Waals surface area contributed by atoms with Crippen LogP contribution in [0.15, 0.2) is 90.7 Å². The summed E-state index contributed by atoms with van der Waals surface area (Å²) in [6, 6.07) is 25.8. The third-order valence-corrected chi connectivity index (χ3v) is 8.84. The van der Waals surface area contributed by atoms with Crippen LogP contribution in [0.5, 0.6) is 0 Å². The third-order valence-electron chi connectivity index (χ3n) is 6.87. The highest BCUT2D eigenvalue weighted by Gasteiger charge is 2.13. The highest BCUT2D eigenvalue weighted by Crippen LogP contribution is 2.34. The highest BCUT2D eigenvalue weighted by molar-refractivity contribution is 9.11. The third kappa shape index (κ3) is 5.23. The fourth-order valence-corrected chi connectivity index (χ4v) is 6.66. The number of benzene rings is 4. The predicted octanol–water partition coefficient (Wildman–Crippen LogP) is 9.69. The molecular weight excluding hydrogens is 740 g/mol. The molecule has 6 rings (SSSR count). The SMILES string of the molecule is Brc1ccc2c(c1)c1cc(Br)ccc1n2CCOCCOCCn1c2ccc(Br)cc2c2cc(Br)ccc21. The maximum Gasteiger partial charge on any atom is 0.0701 e. The van der Waals surface area contributed by atoms with Gasteiger partial charge in [-0.1, -0.05) is 63.7 Å². The zero-order chi connectivity index (χ0) is 26.2. The Morgan fingerprint density at radius 1 is 0.421 bits per heavy atom. The monoisotopic (exact) mass is 760 g/mol. The fraction of sp³-hybridized carbons (Fsp3) is 0.200. The Morgan fingerprint density at radius 2 is 0.711 bits per heavy atom. The zero-order valence-corrected chi connectivity index (χ0v) is 26.7. The number of ether oxygens (including phenoxy) is 2. The van der Waals surface area contributed by atoms with Crippen molar-refractivity contribution in [2.45, 2.75) is 13.1 Å². The summed E-state index contributed by atoms with van der Waals surface area (Å²) < 4.78 is 21.0. The van der Waals surface area contributed by atoms with Crippen LogP contribution in [0.2, 0.25) is 0 Å². The van der Waals surface area contributed by atoms with E-state index in [0.717, 1.165) is 31.0 Å². The van der Waals surface area contributed by atoms with E-state index in [1.807, 2.05) is 0 Å². The summed E-state index contributed by atoms with van der Waals surface area (Å²) in [5.74, 6) is 0. The second-order valence-corrected chi connectivity index (χ2v) is 12.8. The first-order valence-corrected chi connectivity index (χ1v) is 15.6. The van der Waals surface area contributed by atoms with E-state index < -0.39 is 0 Å². The molecular formula is C30H24Br4N2O2. The van der Waals surface area contributed by atoms with Gasteiger partial charge >= 0.3 is 0 Å². The smallest absolute Gasteiger partial charge is 0.0701 e. The molecule has 4 aromatic carbocycles. The summed E-state index contributed by atoms with van der Waals surface area (Å²) >= 11 is 14.5. The van der Waals surface area contributed by atoms with Crippen LogP contribution in [0.1, 0.15) is 0 Å². The van der Waals surface area contributed by atoms with E-state index >= 15 is 0 Å². The number of rotatable bonds is 9. The molecule has 0 fully saturated rings. The fourth-order valence-electron chi connectivity index (χ4n) is 5.21. The molecule has 194 valence electrons. The molecule has 0 radical (unpaired) electrons. The van der Waals surface area contributed by atoms with Crippen molar-refractivity contribution in [2.24, 2.45) is 0 Å². The molecule has 0 aliphatic carbocycles. The summed E-state index contributed by atoms with van der Waals surface area (Å²) in [6.07, 6.45) is 0. The van der Waals surface area contributed by atoms with Crippen molar-refractivity contribution in [3.63, 3.8) is 0 Å². The van der Waals surface area contributed by atoms with Crippen LogP contribution in [-0.4, -0.2) is 35.6 Å². The molecule has 0 saturated heterocycles. The van der Waals surface area contributed by atoms with Crippen molar-refractivity contribution in [1.29, 1.82) is 0 Å². The molecule has 0 aliphatic heterocycles. The van der Waals surface area contributed by atoms with Gasteiger partial charge in [-0.3, -0.25) is 0 Å². The number of hydrogen-bond donors (Lipinski definition) is 0. The molecule has 0 saturated carbocycles.